The molecular formula is C17H14BrN3O3. The van der Waals surface area contributed by atoms with E-state index >= 15 is 0 Å². The summed E-state index contributed by atoms with van der Waals surface area (Å²) >= 11 is 3.24. The normalized spacial score (nSPS) is 12.0. The third-order valence-corrected chi connectivity index (χ3v) is 4.10. The first-order valence-corrected chi connectivity index (χ1v) is 8.03. The molecule has 0 spiro atoms. The van der Waals surface area contributed by atoms with Crippen LogP contribution in [-0.4, -0.2) is 33.0 Å². The predicted octanol–water partition coefficient (Wildman–Crippen LogP) is 2.75. The third-order valence-electron chi connectivity index (χ3n) is 3.67. The van der Waals surface area contributed by atoms with Gasteiger partial charge in [0.25, 0.3) is 5.91 Å². The zero-order valence-electron chi connectivity index (χ0n) is 12.5. The van der Waals surface area contributed by atoms with Crippen LogP contribution in [0.1, 0.15) is 15.9 Å². The molecule has 2 aromatic heterocycles. The molecule has 6 nitrogen and oxygen atoms in total. The predicted molar refractivity (Wildman–Crippen MR) is 92.8 cm³/mol. The second-order valence-electron chi connectivity index (χ2n) is 5.32. The molecule has 0 bridgehead atoms. The van der Waals surface area contributed by atoms with Crippen LogP contribution in [-0.2, 0) is 11.2 Å². The van der Waals surface area contributed by atoms with Crippen molar-refractivity contribution in [3.05, 3.63) is 64.5 Å². The van der Waals surface area contributed by atoms with Gasteiger partial charge in [-0.15, -0.1) is 0 Å². The highest BCUT2D eigenvalue weighted by Crippen LogP contribution is 2.19. The van der Waals surface area contributed by atoms with E-state index in [9.17, 15) is 14.7 Å². The van der Waals surface area contributed by atoms with Gasteiger partial charge in [-0.2, -0.15) is 0 Å². The van der Waals surface area contributed by atoms with Gasteiger partial charge in [0.15, 0.2) is 0 Å². The Morgan fingerprint density at radius 3 is 2.83 bits per heavy atom. The Balaban J connectivity index is 1.80. The number of benzene rings is 1. The Morgan fingerprint density at radius 1 is 1.29 bits per heavy atom. The number of pyridine rings is 1. The van der Waals surface area contributed by atoms with Crippen LogP contribution < -0.4 is 5.32 Å². The SMILES string of the molecule is O=C(N[C@@H](Cc1c[nH]c2ccccc12)C(=O)O)c1cncc(Br)c1. The zero-order valence-corrected chi connectivity index (χ0v) is 14.1. The highest BCUT2D eigenvalue weighted by molar-refractivity contribution is 9.10. The number of carbonyl (C=O) groups excluding carboxylic acids is 1. The van der Waals surface area contributed by atoms with Crippen molar-refractivity contribution in [1.82, 2.24) is 15.3 Å². The monoisotopic (exact) mass is 387 g/mol. The van der Waals surface area contributed by atoms with Crippen LogP contribution >= 0.6 is 15.9 Å². The van der Waals surface area contributed by atoms with Gasteiger partial charge < -0.3 is 15.4 Å². The molecule has 0 saturated carbocycles. The number of fused-ring (bicyclic) bond motifs is 1. The molecule has 2 heterocycles. The lowest BCUT2D eigenvalue weighted by molar-refractivity contribution is -0.139. The minimum Gasteiger partial charge on any atom is -0.480 e. The number of para-hydroxylation sites is 1. The molecule has 0 unspecified atom stereocenters. The molecule has 0 aliphatic heterocycles. The molecule has 1 amide bonds. The number of aliphatic carboxylic acids is 1. The van der Waals surface area contributed by atoms with E-state index < -0.39 is 17.9 Å². The maximum Gasteiger partial charge on any atom is 0.326 e. The van der Waals surface area contributed by atoms with E-state index in [-0.39, 0.29) is 6.42 Å². The standard InChI is InChI=1S/C17H14BrN3O3/c18-12-5-11(7-19-9-12)16(22)21-15(17(23)24)6-10-8-20-14-4-2-1-3-13(10)14/h1-5,7-9,15,20H,6H2,(H,21,22)(H,23,24)/t15-/m0/s1. The summed E-state index contributed by atoms with van der Waals surface area (Å²) < 4.78 is 0.652. The molecule has 0 saturated heterocycles. The summed E-state index contributed by atoms with van der Waals surface area (Å²) in [6.45, 7) is 0. The fourth-order valence-corrected chi connectivity index (χ4v) is 2.86. The van der Waals surface area contributed by atoms with E-state index in [2.05, 4.69) is 31.2 Å². The number of hydrogen-bond acceptors (Lipinski definition) is 3. The van der Waals surface area contributed by atoms with Crippen molar-refractivity contribution in [2.24, 2.45) is 0 Å². The first-order chi connectivity index (χ1) is 11.5. The van der Waals surface area contributed by atoms with Gasteiger partial charge in [0, 0.05) is 40.4 Å². The van der Waals surface area contributed by atoms with Crippen LogP contribution in [0.4, 0.5) is 0 Å². The third kappa shape index (κ3) is 3.46. The lowest BCUT2D eigenvalue weighted by atomic mass is 10.0. The van der Waals surface area contributed by atoms with Gasteiger partial charge in [0.2, 0.25) is 0 Å². The number of nitrogens with one attached hydrogen (secondary N) is 2. The van der Waals surface area contributed by atoms with Gasteiger partial charge in [0.1, 0.15) is 6.04 Å². The zero-order chi connectivity index (χ0) is 17.1. The molecule has 3 rings (SSSR count). The van der Waals surface area contributed by atoms with Gasteiger partial charge >= 0.3 is 5.97 Å². The van der Waals surface area contributed by atoms with Crippen molar-refractivity contribution in [2.45, 2.75) is 12.5 Å². The summed E-state index contributed by atoms with van der Waals surface area (Å²) in [7, 11) is 0. The molecule has 3 N–H and O–H groups in total. The summed E-state index contributed by atoms with van der Waals surface area (Å²) in [6.07, 6.45) is 4.90. The topological polar surface area (TPSA) is 95.1 Å². The maximum absolute atomic E-state index is 12.3. The van der Waals surface area contributed by atoms with E-state index in [0.29, 0.717) is 10.0 Å². The highest BCUT2D eigenvalue weighted by Gasteiger charge is 2.22. The van der Waals surface area contributed by atoms with Gasteiger partial charge in [-0.05, 0) is 33.6 Å². The quantitative estimate of drug-likeness (QED) is 0.627. The van der Waals surface area contributed by atoms with Crippen LogP contribution in [0, 0.1) is 0 Å². The van der Waals surface area contributed by atoms with Crippen molar-refractivity contribution in [3.8, 4) is 0 Å². The smallest absolute Gasteiger partial charge is 0.326 e. The number of amides is 1. The maximum atomic E-state index is 12.3. The molecule has 0 aliphatic rings. The fourth-order valence-electron chi connectivity index (χ4n) is 2.50. The Morgan fingerprint density at radius 2 is 2.08 bits per heavy atom. The number of hydrogen-bond donors (Lipinski definition) is 3. The summed E-state index contributed by atoms with van der Waals surface area (Å²) in [6, 6.07) is 8.18. The number of carboxylic acid groups (broad SMARTS) is 1. The highest BCUT2D eigenvalue weighted by atomic mass is 79.9. The number of carboxylic acids is 1. The average molecular weight is 388 g/mol. The summed E-state index contributed by atoms with van der Waals surface area (Å²) in [4.78, 5) is 30.8. The van der Waals surface area contributed by atoms with E-state index in [1.165, 1.54) is 6.20 Å². The molecule has 1 aromatic carbocycles. The second kappa shape index (κ2) is 6.84. The van der Waals surface area contributed by atoms with Gasteiger partial charge in [-0.3, -0.25) is 9.78 Å². The van der Waals surface area contributed by atoms with Crippen molar-refractivity contribution in [1.29, 1.82) is 0 Å². The minimum atomic E-state index is -1.09. The Hall–Kier alpha value is -2.67. The average Bonchev–Trinajstić information content (AvgIpc) is 2.97. The first-order valence-electron chi connectivity index (χ1n) is 7.24. The first kappa shape index (κ1) is 16.2. The molecule has 0 radical (unpaired) electrons. The van der Waals surface area contributed by atoms with Crippen molar-refractivity contribution >= 4 is 38.7 Å². The molecule has 7 heteroatoms. The van der Waals surface area contributed by atoms with Gasteiger partial charge in [0.05, 0.1) is 5.56 Å². The van der Waals surface area contributed by atoms with Crippen LogP contribution in [0.15, 0.2) is 53.4 Å². The molecular weight excluding hydrogens is 374 g/mol. The number of carbonyl (C=O) groups is 2. The molecule has 0 fully saturated rings. The fraction of sp³-hybridized carbons (Fsp3) is 0.118. The second-order valence-corrected chi connectivity index (χ2v) is 6.24. The molecule has 1 atom stereocenters. The Kier molecular flexibility index (Phi) is 4.61. The van der Waals surface area contributed by atoms with E-state index in [0.717, 1.165) is 16.5 Å². The van der Waals surface area contributed by atoms with Crippen LogP contribution in [0.25, 0.3) is 10.9 Å². The number of aromatic amines is 1. The molecule has 0 aliphatic carbocycles. The van der Waals surface area contributed by atoms with E-state index in [1.54, 1.807) is 18.5 Å². The van der Waals surface area contributed by atoms with Crippen molar-refractivity contribution in [2.75, 3.05) is 0 Å². The van der Waals surface area contributed by atoms with Crippen molar-refractivity contribution < 1.29 is 14.7 Å². The summed E-state index contributed by atoms with van der Waals surface area (Å²) in [5, 5.41) is 12.9. The Bertz CT molecular complexity index is 907. The number of rotatable bonds is 5. The number of aromatic nitrogens is 2. The number of H-pyrrole nitrogens is 1. The van der Waals surface area contributed by atoms with E-state index in [1.807, 2.05) is 24.3 Å². The molecule has 24 heavy (non-hydrogen) atoms. The van der Waals surface area contributed by atoms with E-state index in [4.69, 9.17) is 0 Å². The van der Waals surface area contributed by atoms with Crippen LogP contribution in [0.5, 0.6) is 0 Å². The lowest BCUT2D eigenvalue weighted by Crippen LogP contribution is -2.42. The summed E-state index contributed by atoms with van der Waals surface area (Å²) in [5.41, 5.74) is 2.07. The largest absolute Gasteiger partial charge is 0.480 e. The minimum absolute atomic E-state index is 0.187. The number of halogens is 1. The lowest BCUT2D eigenvalue weighted by Gasteiger charge is -2.14. The molecule has 122 valence electrons. The van der Waals surface area contributed by atoms with Gasteiger partial charge in [-0.25, -0.2) is 4.79 Å². The Labute approximate surface area is 146 Å². The van der Waals surface area contributed by atoms with Gasteiger partial charge in [-0.1, -0.05) is 18.2 Å². The van der Waals surface area contributed by atoms with Crippen LogP contribution in [0.3, 0.4) is 0 Å². The van der Waals surface area contributed by atoms with Crippen LogP contribution in [0.2, 0.25) is 0 Å². The number of nitrogens with zero attached hydrogens (tertiary/aromatic N) is 1. The van der Waals surface area contributed by atoms with Crippen molar-refractivity contribution in [3.63, 3.8) is 0 Å². The molecule has 3 aromatic rings. The summed E-state index contributed by atoms with van der Waals surface area (Å²) in [5.74, 6) is -1.56.